The topological polar surface area (TPSA) is 75.6 Å². The summed E-state index contributed by atoms with van der Waals surface area (Å²) in [6, 6.07) is 0. The van der Waals surface area contributed by atoms with Gasteiger partial charge in [-0.3, -0.25) is 0 Å². The average Bonchev–Trinajstić information content (AvgIpc) is 2.84. The molecule has 1 aromatic heterocycles. The first-order valence-corrected chi connectivity index (χ1v) is 8.64. The largest absolute Gasteiger partial charge is 0.384 e. The van der Waals surface area contributed by atoms with E-state index in [0.717, 1.165) is 11.0 Å². The van der Waals surface area contributed by atoms with E-state index in [9.17, 15) is 8.42 Å². The molecule has 0 aromatic carbocycles. The van der Waals surface area contributed by atoms with Crippen molar-refractivity contribution in [3.05, 3.63) is 5.82 Å². The van der Waals surface area contributed by atoms with E-state index in [1.165, 1.54) is 22.1 Å². The lowest BCUT2D eigenvalue weighted by Gasteiger charge is -2.32. The van der Waals surface area contributed by atoms with Crippen LogP contribution in [0.4, 0.5) is 5.13 Å². The maximum Gasteiger partial charge on any atom is 0.211 e. The van der Waals surface area contributed by atoms with Gasteiger partial charge in [0.2, 0.25) is 15.2 Å². The predicted molar refractivity (Wildman–Crippen MR) is 74.1 cm³/mol. The highest BCUT2D eigenvalue weighted by Crippen LogP contribution is 2.19. The molecule has 2 rings (SSSR count). The molecule has 0 N–H and O–H groups in total. The minimum Gasteiger partial charge on any atom is -0.384 e. The Kier molecular flexibility index (Phi) is 4.71. The summed E-state index contributed by atoms with van der Waals surface area (Å²) in [5.74, 6) is 0.785. The molecule has 19 heavy (non-hydrogen) atoms. The molecule has 0 radical (unpaired) electrons. The molecule has 9 heteroatoms. The van der Waals surface area contributed by atoms with Crippen molar-refractivity contribution in [1.29, 1.82) is 0 Å². The number of nitrogens with zero attached hydrogens (tertiary/aromatic N) is 4. The van der Waals surface area contributed by atoms with Crippen LogP contribution in [0.5, 0.6) is 0 Å². The summed E-state index contributed by atoms with van der Waals surface area (Å²) in [4.78, 5) is 6.52. The third kappa shape index (κ3) is 3.85. The molecular weight excluding hydrogens is 288 g/mol. The molecule has 0 bridgehead atoms. The van der Waals surface area contributed by atoms with Crippen molar-refractivity contribution in [3.63, 3.8) is 0 Å². The standard InChI is InChI=1S/C10H18N4O3S2/c1-17-8-3-9-11-10(18-12-9)13-4-6-14(7-5-13)19(2,15)16/h3-8H2,1-2H3. The number of rotatable bonds is 5. The normalized spacial score (nSPS) is 17.9. The Hall–Kier alpha value is -0.770. The lowest BCUT2D eigenvalue weighted by Crippen LogP contribution is -2.48. The van der Waals surface area contributed by atoms with Gasteiger partial charge < -0.3 is 9.64 Å². The number of methoxy groups -OCH3 is 1. The quantitative estimate of drug-likeness (QED) is 0.750. The third-order valence-corrected chi connectivity index (χ3v) is 5.08. The first-order chi connectivity index (χ1) is 9.00. The molecular formula is C10H18N4O3S2. The van der Waals surface area contributed by atoms with Gasteiger partial charge in [-0.1, -0.05) is 0 Å². The van der Waals surface area contributed by atoms with Crippen molar-refractivity contribution in [3.8, 4) is 0 Å². The number of hydrogen-bond acceptors (Lipinski definition) is 7. The Morgan fingerprint density at radius 3 is 2.58 bits per heavy atom. The van der Waals surface area contributed by atoms with E-state index < -0.39 is 10.0 Å². The van der Waals surface area contributed by atoms with Crippen LogP contribution in [0.25, 0.3) is 0 Å². The van der Waals surface area contributed by atoms with Gasteiger partial charge in [0.1, 0.15) is 5.82 Å². The molecule has 2 heterocycles. The SMILES string of the molecule is COCCc1nsc(N2CCN(S(C)(=O)=O)CC2)n1. The van der Waals surface area contributed by atoms with Gasteiger partial charge in [0.05, 0.1) is 12.9 Å². The highest BCUT2D eigenvalue weighted by molar-refractivity contribution is 7.88. The molecule has 1 fully saturated rings. The molecule has 0 amide bonds. The Morgan fingerprint density at radius 1 is 1.32 bits per heavy atom. The Morgan fingerprint density at radius 2 is 2.00 bits per heavy atom. The van der Waals surface area contributed by atoms with E-state index in [4.69, 9.17) is 4.74 Å². The van der Waals surface area contributed by atoms with Crippen molar-refractivity contribution in [2.24, 2.45) is 0 Å². The van der Waals surface area contributed by atoms with Gasteiger partial charge in [-0.25, -0.2) is 13.4 Å². The second-order valence-electron chi connectivity index (χ2n) is 4.39. The lowest BCUT2D eigenvalue weighted by molar-refractivity contribution is 0.201. The molecule has 108 valence electrons. The number of sulfonamides is 1. The highest BCUT2D eigenvalue weighted by Gasteiger charge is 2.25. The smallest absolute Gasteiger partial charge is 0.211 e. The number of anilines is 1. The predicted octanol–water partition coefficient (Wildman–Crippen LogP) is -0.191. The van der Waals surface area contributed by atoms with Crippen molar-refractivity contribution < 1.29 is 13.2 Å². The first kappa shape index (κ1) is 14.6. The van der Waals surface area contributed by atoms with Crippen molar-refractivity contribution in [2.45, 2.75) is 6.42 Å². The zero-order valence-corrected chi connectivity index (χ0v) is 12.7. The van der Waals surface area contributed by atoms with E-state index in [0.29, 0.717) is 39.2 Å². The number of piperazine rings is 1. The molecule has 1 aromatic rings. The highest BCUT2D eigenvalue weighted by atomic mass is 32.2. The van der Waals surface area contributed by atoms with Gasteiger partial charge in [-0.2, -0.15) is 8.68 Å². The maximum atomic E-state index is 11.4. The van der Waals surface area contributed by atoms with Crippen LogP contribution in [0.15, 0.2) is 0 Å². The zero-order valence-electron chi connectivity index (χ0n) is 11.1. The summed E-state index contributed by atoms with van der Waals surface area (Å²) < 4.78 is 33.6. The van der Waals surface area contributed by atoms with Crippen LogP contribution in [0.2, 0.25) is 0 Å². The fourth-order valence-corrected chi connectivity index (χ4v) is 3.47. The Bertz CT molecular complexity index is 509. The van der Waals surface area contributed by atoms with E-state index in [-0.39, 0.29) is 0 Å². The number of ether oxygens (including phenoxy) is 1. The summed E-state index contributed by atoms with van der Waals surface area (Å²) in [6.07, 6.45) is 1.95. The van der Waals surface area contributed by atoms with Crippen molar-refractivity contribution >= 4 is 26.7 Å². The molecule has 0 spiro atoms. The molecule has 0 unspecified atom stereocenters. The third-order valence-electron chi connectivity index (χ3n) is 2.97. The van der Waals surface area contributed by atoms with Gasteiger partial charge in [-0.05, 0) is 0 Å². The maximum absolute atomic E-state index is 11.4. The average molecular weight is 306 g/mol. The second kappa shape index (κ2) is 6.12. The Balaban J connectivity index is 1.92. The minimum absolute atomic E-state index is 0.506. The molecule has 0 aliphatic carbocycles. The minimum atomic E-state index is -3.08. The molecule has 1 saturated heterocycles. The fraction of sp³-hybridized carbons (Fsp3) is 0.800. The van der Waals surface area contributed by atoms with E-state index in [2.05, 4.69) is 14.3 Å². The van der Waals surface area contributed by atoms with Crippen LogP contribution in [-0.4, -0.2) is 68.2 Å². The van der Waals surface area contributed by atoms with Crippen LogP contribution < -0.4 is 4.90 Å². The summed E-state index contributed by atoms with van der Waals surface area (Å²) >= 11 is 1.36. The lowest BCUT2D eigenvalue weighted by atomic mass is 10.4. The van der Waals surface area contributed by atoms with Gasteiger partial charge in [0.25, 0.3) is 0 Å². The first-order valence-electron chi connectivity index (χ1n) is 6.02. The molecule has 1 aliphatic heterocycles. The van der Waals surface area contributed by atoms with Gasteiger partial charge in [0, 0.05) is 51.2 Å². The molecule has 1 aliphatic rings. The van der Waals surface area contributed by atoms with E-state index in [1.807, 2.05) is 0 Å². The summed E-state index contributed by atoms with van der Waals surface area (Å²) in [5.41, 5.74) is 0. The number of hydrogen-bond donors (Lipinski definition) is 0. The van der Waals surface area contributed by atoms with Gasteiger partial charge in [0.15, 0.2) is 0 Å². The second-order valence-corrected chi connectivity index (χ2v) is 7.10. The van der Waals surface area contributed by atoms with Crippen LogP contribution >= 0.6 is 11.5 Å². The summed E-state index contributed by atoms with van der Waals surface area (Å²) in [6.45, 7) is 2.94. The monoisotopic (exact) mass is 306 g/mol. The van der Waals surface area contributed by atoms with Gasteiger partial charge >= 0.3 is 0 Å². The van der Waals surface area contributed by atoms with Crippen molar-refractivity contribution in [2.75, 3.05) is 51.1 Å². The fourth-order valence-electron chi connectivity index (χ4n) is 1.88. The van der Waals surface area contributed by atoms with Crippen molar-refractivity contribution in [1.82, 2.24) is 13.7 Å². The van der Waals surface area contributed by atoms with Crippen LogP contribution in [0.1, 0.15) is 5.82 Å². The summed E-state index contributed by atoms with van der Waals surface area (Å²) in [5, 5.41) is 0.860. The van der Waals surface area contributed by atoms with Crippen LogP contribution in [0, 0.1) is 0 Å². The van der Waals surface area contributed by atoms with Gasteiger partial charge in [-0.15, -0.1) is 0 Å². The van der Waals surface area contributed by atoms with Crippen LogP contribution in [-0.2, 0) is 21.2 Å². The Labute approximate surface area is 117 Å². The zero-order chi connectivity index (χ0) is 13.9. The van der Waals surface area contributed by atoms with E-state index in [1.54, 1.807) is 7.11 Å². The molecule has 0 atom stereocenters. The summed E-state index contributed by atoms with van der Waals surface area (Å²) in [7, 11) is -1.43. The number of aromatic nitrogens is 2. The van der Waals surface area contributed by atoms with Crippen LogP contribution in [0.3, 0.4) is 0 Å². The van der Waals surface area contributed by atoms with E-state index >= 15 is 0 Å². The molecule has 0 saturated carbocycles. The molecule has 7 nitrogen and oxygen atoms in total.